The van der Waals surface area contributed by atoms with Gasteiger partial charge in [0.2, 0.25) is 5.91 Å². The van der Waals surface area contributed by atoms with Gasteiger partial charge in [0.1, 0.15) is 17.8 Å². The third-order valence-corrected chi connectivity index (χ3v) is 4.95. The lowest BCUT2D eigenvalue weighted by atomic mass is 10.0. The molecule has 1 atom stereocenters. The van der Waals surface area contributed by atoms with Crippen molar-refractivity contribution in [1.82, 2.24) is 29.9 Å². The number of nitrogens with zero attached hydrogens (tertiary/aromatic N) is 6. The Hall–Kier alpha value is -3.05. The van der Waals surface area contributed by atoms with E-state index in [0.29, 0.717) is 30.4 Å². The molecule has 0 saturated carbocycles. The Balaban J connectivity index is 0.00000272. The largest absolute Gasteiger partial charge is 0.335 e. The van der Waals surface area contributed by atoms with Gasteiger partial charge in [-0.3, -0.25) is 4.79 Å². The summed E-state index contributed by atoms with van der Waals surface area (Å²) in [6, 6.07) is 0.505. The van der Waals surface area contributed by atoms with Crippen LogP contribution in [0.15, 0.2) is 30.9 Å². The van der Waals surface area contributed by atoms with Crippen LogP contribution in [0.25, 0.3) is 11.3 Å². The van der Waals surface area contributed by atoms with Crippen molar-refractivity contribution in [3.63, 3.8) is 0 Å². The van der Waals surface area contributed by atoms with Gasteiger partial charge < -0.3 is 10.6 Å². The van der Waals surface area contributed by atoms with E-state index in [2.05, 4.69) is 20.3 Å². The standard InChI is InChI=1S/C19H18F3N7O.ClH/c20-14-6-16(22)15(21)4-11(14)3-13(23)5-18(30)28-1-2-29-17(9-28)19(26-27-29)12-7-24-10-25-8-12;/h4,6-8,10,13H,1-3,5,9,23H2;1H/t13-;/m1./s1. The first kappa shape index (κ1) is 22.6. The molecule has 2 aromatic heterocycles. The molecule has 0 spiro atoms. The summed E-state index contributed by atoms with van der Waals surface area (Å²) < 4.78 is 42.0. The summed E-state index contributed by atoms with van der Waals surface area (Å²) in [5.74, 6) is -3.54. The molecule has 8 nitrogen and oxygen atoms in total. The SMILES string of the molecule is Cl.N[C@@H](CC(=O)N1CCn2nnc(-c3cncnc3)c2C1)Cc1cc(F)c(F)cc1F. The summed E-state index contributed by atoms with van der Waals surface area (Å²) in [6.07, 6.45) is 4.49. The molecule has 1 amide bonds. The predicted molar refractivity (Wildman–Crippen MR) is 106 cm³/mol. The van der Waals surface area contributed by atoms with E-state index < -0.39 is 23.5 Å². The summed E-state index contributed by atoms with van der Waals surface area (Å²) in [5.41, 5.74) is 7.97. The number of hydrogen-bond donors (Lipinski definition) is 1. The average molecular weight is 454 g/mol. The second-order valence-corrected chi connectivity index (χ2v) is 7.08. The molecule has 0 bridgehead atoms. The lowest BCUT2D eigenvalue weighted by Gasteiger charge is -2.28. The maximum atomic E-state index is 13.8. The van der Waals surface area contributed by atoms with E-state index >= 15 is 0 Å². The van der Waals surface area contributed by atoms with Crippen molar-refractivity contribution in [2.24, 2.45) is 5.73 Å². The molecule has 4 rings (SSSR count). The molecule has 1 aliphatic rings. The van der Waals surface area contributed by atoms with Crippen molar-refractivity contribution < 1.29 is 18.0 Å². The van der Waals surface area contributed by atoms with Crippen LogP contribution in [0.2, 0.25) is 0 Å². The average Bonchev–Trinajstić information content (AvgIpc) is 3.16. The van der Waals surface area contributed by atoms with Crippen LogP contribution in [0.4, 0.5) is 13.2 Å². The number of halogens is 4. The molecule has 0 unspecified atom stereocenters. The number of amides is 1. The number of fused-ring (bicyclic) bond motifs is 1. The fourth-order valence-corrected chi connectivity index (χ4v) is 3.43. The molecule has 3 aromatic rings. The topological polar surface area (TPSA) is 103 Å². The van der Waals surface area contributed by atoms with E-state index in [0.717, 1.165) is 11.8 Å². The lowest BCUT2D eigenvalue weighted by molar-refractivity contribution is -0.133. The third-order valence-electron chi connectivity index (χ3n) is 4.95. The molecule has 12 heteroatoms. The zero-order chi connectivity index (χ0) is 21.3. The molecular weight excluding hydrogens is 435 g/mol. The zero-order valence-corrected chi connectivity index (χ0v) is 17.0. The monoisotopic (exact) mass is 453 g/mol. The minimum Gasteiger partial charge on any atom is -0.335 e. The van der Waals surface area contributed by atoms with E-state index in [-0.39, 0.29) is 43.3 Å². The Kier molecular flexibility index (Phi) is 6.86. The molecule has 0 aliphatic carbocycles. The van der Waals surface area contributed by atoms with E-state index in [1.54, 1.807) is 22.0 Å². The van der Waals surface area contributed by atoms with Crippen molar-refractivity contribution in [2.75, 3.05) is 6.54 Å². The van der Waals surface area contributed by atoms with Crippen LogP contribution in [0, 0.1) is 17.5 Å². The van der Waals surface area contributed by atoms with E-state index in [1.165, 1.54) is 6.33 Å². The molecule has 3 heterocycles. The number of aromatic nitrogens is 5. The van der Waals surface area contributed by atoms with Crippen molar-refractivity contribution >= 4 is 18.3 Å². The van der Waals surface area contributed by atoms with Gasteiger partial charge in [-0.2, -0.15) is 0 Å². The van der Waals surface area contributed by atoms with E-state index in [4.69, 9.17) is 5.73 Å². The summed E-state index contributed by atoms with van der Waals surface area (Å²) in [6.45, 7) is 1.17. The number of carbonyl (C=O) groups is 1. The summed E-state index contributed by atoms with van der Waals surface area (Å²) >= 11 is 0. The first-order valence-electron chi connectivity index (χ1n) is 9.27. The van der Waals surface area contributed by atoms with E-state index in [1.807, 2.05) is 0 Å². The van der Waals surface area contributed by atoms with Crippen LogP contribution in [0.1, 0.15) is 17.7 Å². The number of benzene rings is 1. The highest BCUT2D eigenvalue weighted by Gasteiger charge is 2.27. The second-order valence-electron chi connectivity index (χ2n) is 7.08. The fraction of sp³-hybridized carbons (Fsp3) is 0.316. The fourth-order valence-electron chi connectivity index (χ4n) is 3.43. The highest BCUT2D eigenvalue weighted by Crippen LogP contribution is 2.24. The molecule has 0 radical (unpaired) electrons. The van der Waals surface area contributed by atoms with Gasteiger partial charge in [-0.15, -0.1) is 17.5 Å². The van der Waals surface area contributed by atoms with Crippen LogP contribution in [0.3, 0.4) is 0 Å². The van der Waals surface area contributed by atoms with Gasteiger partial charge in [-0.1, -0.05) is 5.21 Å². The quantitative estimate of drug-likeness (QED) is 0.592. The normalized spacial score (nSPS) is 14.0. The Morgan fingerprint density at radius 2 is 1.81 bits per heavy atom. The van der Waals surface area contributed by atoms with Crippen molar-refractivity contribution in [3.8, 4) is 11.3 Å². The van der Waals surface area contributed by atoms with Gasteiger partial charge >= 0.3 is 0 Å². The summed E-state index contributed by atoms with van der Waals surface area (Å²) in [5, 5.41) is 8.28. The van der Waals surface area contributed by atoms with Gasteiger partial charge in [0.15, 0.2) is 11.6 Å². The molecule has 0 saturated heterocycles. The van der Waals surface area contributed by atoms with Crippen LogP contribution in [-0.4, -0.2) is 48.4 Å². The molecule has 1 aromatic carbocycles. The number of hydrogen-bond acceptors (Lipinski definition) is 6. The predicted octanol–water partition coefficient (Wildman–Crippen LogP) is 1.88. The maximum Gasteiger partial charge on any atom is 0.224 e. The smallest absolute Gasteiger partial charge is 0.224 e. The molecule has 1 aliphatic heterocycles. The number of nitrogens with two attached hydrogens (primary N) is 1. The molecule has 0 fully saturated rings. The summed E-state index contributed by atoms with van der Waals surface area (Å²) in [4.78, 5) is 22.3. The second kappa shape index (κ2) is 9.40. The Morgan fingerprint density at radius 1 is 1.10 bits per heavy atom. The zero-order valence-electron chi connectivity index (χ0n) is 16.2. The first-order valence-corrected chi connectivity index (χ1v) is 9.27. The van der Waals surface area contributed by atoms with Gasteiger partial charge in [0.05, 0.1) is 18.8 Å². The molecule has 2 N–H and O–H groups in total. The van der Waals surface area contributed by atoms with Crippen LogP contribution < -0.4 is 5.73 Å². The lowest BCUT2D eigenvalue weighted by Crippen LogP contribution is -2.41. The summed E-state index contributed by atoms with van der Waals surface area (Å²) in [7, 11) is 0. The number of carbonyl (C=O) groups excluding carboxylic acids is 1. The minimum absolute atomic E-state index is 0. The van der Waals surface area contributed by atoms with Crippen molar-refractivity contribution in [1.29, 1.82) is 0 Å². The molecule has 31 heavy (non-hydrogen) atoms. The van der Waals surface area contributed by atoms with Gasteiger partial charge in [-0.25, -0.2) is 27.8 Å². The van der Waals surface area contributed by atoms with Crippen molar-refractivity contribution in [2.45, 2.75) is 32.0 Å². The van der Waals surface area contributed by atoms with Crippen LogP contribution in [0.5, 0.6) is 0 Å². The van der Waals surface area contributed by atoms with Gasteiger partial charge in [0.25, 0.3) is 0 Å². The minimum atomic E-state index is -1.26. The van der Waals surface area contributed by atoms with Gasteiger partial charge in [-0.05, 0) is 18.1 Å². The van der Waals surface area contributed by atoms with Crippen LogP contribution >= 0.6 is 12.4 Å². The third kappa shape index (κ3) is 4.83. The van der Waals surface area contributed by atoms with E-state index in [9.17, 15) is 18.0 Å². The Labute approximate surface area is 181 Å². The highest BCUT2D eigenvalue weighted by atomic mass is 35.5. The Morgan fingerprint density at radius 3 is 2.55 bits per heavy atom. The first-order chi connectivity index (χ1) is 14.4. The Bertz CT molecular complexity index is 1080. The van der Waals surface area contributed by atoms with Crippen LogP contribution in [-0.2, 0) is 24.3 Å². The molecule has 164 valence electrons. The number of rotatable bonds is 5. The van der Waals surface area contributed by atoms with Gasteiger partial charge in [0, 0.05) is 43.0 Å². The van der Waals surface area contributed by atoms with Crippen molar-refractivity contribution in [3.05, 3.63) is 59.6 Å². The molecular formula is C19H19ClF3N7O. The maximum absolute atomic E-state index is 13.8. The highest BCUT2D eigenvalue weighted by molar-refractivity contribution is 5.85.